The predicted octanol–water partition coefficient (Wildman–Crippen LogP) is 0.975. The molecular formula is C7H10N2. The number of rotatable bonds is 0. The molecule has 0 aliphatic carbocycles. The zero-order valence-electron chi connectivity index (χ0n) is 5.54. The summed E-state index contributed by atoms with van der Waals surface area (Å²) in [5, 5.41) is 8.45. The second kappa shape index (κ2) is 2.54. The SMILES string of the molecule is CC1C=CCN(C#N)C1. The first kappa shape index (κ1) is 6.15. The highest BCUT2D eigenvalue weighted by Gasteiger charge is 2.07. The smallest absolute Gasteiger partial charge is 0.179 e. The van der Waals surface area contributed by atoms with Gasteiger partial charge in [0.15, 0.2) is 6.19 Å². The van der Waals surface area contributed by atoms with E-state index in [9.17, 15) is 0 Å². The van der Waals surface area contributed by atoms with E-state index < -0.39 is 0 Å². The van der Waals surface area contributed by atoms with E-state index in [0.717, 1.165) is 13.1 Å². The summed E-state index contributed by atoms with van der Waals surface area (Å²) in [4.78, 5) is 1.75. The Hall–Kier alpha value is -0.970. The Morgan fingerprint density at radius 1 is 1.78 bits per heavy atom. The van der Waals surface area contributed by atoms with Crippen molar-refractivity contribution in [2.45, 2.75) is 6.92 Å². The van der Waals surface area contributed by atoms with Crippen LogP contribution in [-0.4, -0.2) is 18.0 Å². The van der Waals surface area contributed by atoms with Crippen molar-refractivity contribution in [2.24, 2.45) is 5.92 Å². The van der Waals surface area contributed by atoms with Gasteiger partial charge in [-0.2, -0.15) is 5.26 Å². The van der Waals surface area contributed by atoms with Crippen molar-refractivity contribution in [2.75, 3.05) is 13.1 Å². The normalized spacial score (nSPS) is 25.8. The van der Waals surface area contributed by atoms with E-state index in [4.69, 9.17) is 5.26 Å². The van der Waals surface area contributed by atoms with Gasteiger partial charge in [-0.3, -0.25) is 0 Å². The Balaban J connectivity index is 2.50. The van der Waals surface area contributed by atoms with E-state index in [1.54, 1.807) is 4.90 Å². The van der Waals surface area contributed by atoms with Crippen molar-refractivity contribution in [3.63, 3.8) is 0 Å². The summed E-state index contributed by atoms with van der Waals surface area (Å²) in [5.74, 6) is 0.540. The molecule has 0 spiro atoms. The quantitative estimate of drug-likeness (QED) is 0.353. The molecule has 2 nitrogen and oxygen atoms in total. The highest BCUT2D eigenvalue weighted by Crippen LogP contribution is 2.05. The molecule has 1 aliphatic rings. The largest absolute Gasteiger partial charge is 0.306 e. The molecule has 1 aliphatic heterocycles. The van der Waals surface area contributed by atoms with Gasteiger partial charge in [0.1, 0.15) is 0 Å². The van der Waals surface area contributed by atoms with Gasteiger partial charge in [0.25, 0.3) is 0 Å². The van der Waals surface area contributed by atoms with Crippen LogP contribution in [0.1, 0.15) is 6.92 Å². The predicted molar refractivity (Wildman–Crippen MR) is 35.5 cm³/mol. The van der Waals surface area contributed by atoms with Gasteiger partial charge in [-0.05, 0) is 5.92 Å². The van der Waals surface area contributed by atoms with Crippen LogP contribution in [0.5, 0.6) is 0 Å². The minimum Gasteiger partial charge on any atom is -0.306 e. The third kappa shape index (κ3) is 1.46. The molecule has 0 aromatic rings. The first-order valence-corrected chi connectivity index (χ1v) is 3.14. The average molecular weight is 122 g/mol. The van der Waals surface area contributed by atoms with Gasteiger partial charge in [-0.25, -0.2) is 0 Å². The van der Waals surface area contributed by atoms with Crippen molar-refractivity contribution < 1.29 is 0 Å². The Bertz CT molecular complexity index is 155. The fraction of sp³-hybridized carbons (Fsp3) is 0.571. The molecular weight excluding hydrogens is 112 g/mol. The summed E-state index contributed by atoms with van der Waals surface area (Å²) in [6.07, 6.45) is 6.30. The summed E-state index contributed by atoms with van der Waals surface area (Å²) in [7, 11) is 0. The fourth-order valence-electron chi connectivity index (χ4n) is 0.985. The van der Waals surface area contributed by atoms with E-state index >= 15 is 0 Å². The molecule has 1 atom stereocenters. The zero-order valence-corrected chi connectivity index (χ0v) is 5.54. The van der Waals surface area contributed by atoms with Gasteiger partial charge < -0.3 is 4.90 Å². The van der Waals surface area contributed by atoms with E-state index in [1.807, 2.05) is 6.08 Å². The fourth-order valence-corrected chi connectivity index (χ4v) is 0.985. The topological polar surface area (TPSA) is 27.0 Å². The second-order valence-corrected chi connectivity index (χ2v) is 2.41. The maximum Gasteiger partial charge on any atom is 0.179 e. The number of hydrogen-bond donors (Lipinski definition) is 0. The van der Waals surface area contributed by atoms with Crippen LogP contribution in [0.3, 0.4) is 0 Å². The lowest BCUT2D eigenvalue weighted by atomic mass is 10.1. The van der Waals surface area contributed by atoms with Crippen LogP contribution in [0.15, 0.2) is 12.2 Å². The van der Waals surface area contributed by atoms with E-state index in [-0.39, 0.29) is 0 Å². The van der Waals surface area contributed by atoms with Crippen LogP contribution >= 0.6 is 0 Å². The molecule has 48 valence electrons. The Labute approximate surface area is 55.4 Å². The van der Waals surface area contributed by atoms with E-state index in [2.05, 4.69) is 19.2 Å². The van der Waals surface area contributed by atoms with Gasteiger partial charge >= 0.3 is 0 Å². The molecule has 0 aromatic carbocycles. The number of nitrogens with zero attached hydrogens (tertiary/aromatic N) is 2. The zero-order chi connectivity index (χ0) is 6.69. The van der Waals surface area contributed by atoms with Crippen LogP contribution in [-0.2, 0) is 0 Å². The lowest BCUT2D eigenvalue weighted by Gasteiger charge is -2.20. The first-order chi connectivity index (χ1) is 4.33. The molecule has 0 amide bonds. The molecule has 0 fully saturated rings. The monoisotopic (exact) mass is 122 g/mol. The van der Waals surface area contributed by atoms with Crippen molar-refractivity contribution in [1.82, 2.24) is 4.90 Å². The van der Waals surface area contributed by atoms with Crippen LogP contribution in [0.25, 0.3) is 0 Å². The number of nitriles is 1. The molecule has 1 unspecified atom stereocenters. The van der Waals surface area contributed by atoms with Gasteiger partial charge in [-0.1, -0.05) is 19.1 Å². The third-order valence-corrected chi connectivity index (χ3v) is 1.44. The van der Waals surface area contributed by atoms with Gasteiger partial charge in [-0.15, -0.1) is 0 Å². The molecule has 0 radical (unpaired) electrons. The van der Waals surface area contributed by atoms with Crippen molar-refractivity contribution in [3.8, 4) is 6.19 Å². The Morgan fingerprint density at radius 3 is 3.00 bits per heavy atom. The average Bonchev–Trinajstić information content (AvgIpc) is 1.88. The molecule has 0 bridgehead atoms. The highest BCUT2D eigenvalue weighted by atomic mass is 15.1. The van der Waals surface area contributed by atoms with E-state index in [0.29, 0.717) is 5.92 Å². The summed E-state index contributed by atoms with van der Waals surface area (Å²) >= 11 is 0. The Kier molecular flexibility index (Phi) is 1.74. The van der Waals surface area contributed by atoms with E-state index in [1.165, 1.54) is 0 Å². The highest BCUT2D eigenvalue weighted by molar-refractivity contribution is 4.98. The van der Waals surface area contributed by atoms with Crippen LogP contribution in [0.2, 0.25) is 0 Å². The Morgan fingerprint density at radius 2 is 2.56 bits per heavy atom. The summed E-state index contributed by atoms with van der Waals surface area (Å²) in [6.45, 7) is 3.79. The van der Waals surface area contributed by atoms with Gasteiger partial charge in [0.05, 0.1) is 0 Å². The minimum absolute atomic E-state index is 0.540. The molecule has 0 saturated heterocycles. The molecule has 9 heavy (non-hydrogen) atoms. The third-order valence-electron chi connectivity index (χ3n) is 1.44. The second-order valence-electron chi connectivity index (χ2n) is 2.41. The maximum absolute atomic E-state index is 8.45. The summed E-state index contributed by atoms with van der Waals surface area (Å²) < 4.78 is 0. The first-order valence-electron chi connectivity index (χ1n) is 3.14. The van der Waals surface area contributed by atoms with Crippen LogP contribution in [0.4, 0.5) is 0 Å². The molecule has 0 aromatic heterocycles. The van der Waals surface area contributed by atoms with Crippen LogP contribution < -0.4 is 0 Å². The molecule has 1 heterocycles. The lowest BCUT2D eigenvalue weighted by molar-refractivity contribution is 0.374. The van der Waals surface area contributed by atoms with Gasteiger partial charge in [0, 0.05) is 13.1 Å². The summed E-state index contributed by atoms with van der Waals surface area (Å²) in [5.41, 5.74) is 0. The van der Waals surface area contributed by atoms with Crippen molar-refractivity contribution in [3.05, 3.63) is 12.2 Å². The van der Waals surface area contributed by atoms with Crippen molar-refractivity contribution in [1.29, 1.82) is 5.26 Å². The number of hydrogen-bond acceptors (Lipinski definition) is 2. The minimum atomic E-state index is 0.540. The lowest BCUT2D eigenvalue weighted by Crippen LogP contribution is -2.26. The van der Waals surface area contributed by atoms with Crippen LogP contribution in [0, 0.1) is 17.4 Å². The maximum atomic E-state index is 8.45. The molecule has 0 saturated carbocycles. The molecule has 1 rings (SSSR count). The summed E-state index contributed by atoms with van der Waals surface area (Å²) in [6, 6.07) is 0. The molecule has 0 N–H and O–H groups in total. The van der Waals surface area contributed by atoms with Gasteiger partial charge in [0.2, 0.25) is 0 Å². The van der Waals surface area contributed by atoms with Crippen molar-refractivity contribution >= 4 is 0 Å². The molecule has 2 heteroatoms. The standard InChI is InChI=1S/C7H10N2/c1-7-3-2-4-9(5-7)6-8/h2-3,7H,4-5H2,1H3.